The van der Waals surface area contributed by atoms with Gasteiger partial charge in [0.1, 0.15) is 17.5 Å². The Morgan fingerprint density at radius 3 is 2.67 bits per heavy atom. The molecule has 1 atom stereocenters. The third-order valence-corrected chi connectivity index (χ3v) is 3.60. The summed E-state index contributed by atoms with van der Waals surface area (Å²) in [6.07, 6.45) is 3.01. The van der Waals surface area contributed by atoms with E-state index < -0.39 is 0 Å². The van der Waals surface area contributed by atoms with Gasteiger partial charge in [0.2, 0.25) is 0 Å². The van der Waals surface area contributed by atoms with Crippen LogP contribution in [0, 0.1) is 0 Å². The zero-order chi connectivity index (χ0) is 14.7. The Kier molecular flexibility index (Phi) is 4.01. The number of aliphatic hydroxyl groups is 1. The van der Waals surface area contributed by atoms with Gasteiger partial charge in [0.15, 0.2) is 0 Å². The summed E-state index contributed by atoms with van der Waals surface area (Å²) < 4.78 is 0. The Morgan fingerprint density at radius 1 is 1.24 bits per heavy atom. The van der Waals surface area contributed by atoms with Crippen molar-refractivity contribution in [1.29, 1.82) is 0 Å². The van der Waals surface area contributed by atoms with Crippen LogP contribution in [0.4, 0.5) is 11.6 Å². The molecule has 5 nitrogen and oxygen atoms in total. The van der Waals surface area contributed by atoms with Crippen molar-refractivity contribution in [3.8, 4) is 0 Å². The molecule has 0 radical (unpaired) electrons. The molecule has 5 heteroatoms. The molecule has 1 aliphatic rings. The largest absolute Gasteiger partial charge is 0.394 e. The Bertz CT molecular complexity index is 598. The number of aromatic nitrogens is 2. The van der Waals surface area contributed by atoms with E-state index in [0.29, 0.717) is 17.6 Å². The van der Waals surface area contributed by atoms with E-state index in [2.05, 4.69) is 15.3 Å². The summed E-state index contributed by atoms with van der Waals surface area (Å²) in [6, 6.07) is 11.7. The summed E-state index contributed by atoms with van der Waals surface area (Å²) in [4.78, 5) is 8.79. The number of nitrogen functional groups attached to an aromatic ring is 1. The van der Waals surface area contributed by atoms with Crippen LogP contribution in [-0.4, -0.2) is 27.7 Å². The molecule has 1 saturated carbocycles. The average molecular weight is 284 g/mol. The lowest BCUT2D eigenvalue weighted by Crippen LogP contribution is -2.27. The van der Waals surface area contributed by atoms with Gasteiger partial charge in [-0.05, 0) is 24.8 Å². The number of nitrogens with two attached hydrogens (primary N) is 1. The van der Waals surface area contributed by atoms with Gasteiger partial charge in [0, 0.05) is 12.0 Å². The third kappa shape index (κ3) is 3.70. The Labute approximate surface area is 124 Å². The van der Waals surface area contributed by atoms with Gasteiger partial charge in [0.05, 0.1) is 12.6 Å². The molecule has 0 spiro atoms. The van der Waals surface area contributed by atoms with Gasteiger partial charge < -0.3 is 16.2 Å². The van der Waals surface area contributed by atoms with Crippen LogP contribution in [0.1, 0.15) is 30.1 Å². The second kappa shape index (κ2) is 6.10. The minimum Gasteiger partial charge on any atom is -0.394 e. The molecule has 3 rings (SSSR count). The van der Waals surface area contributed by atoms with Crippen molar-refractivity contribution in [2.75, 3.05) is 17.7 Å². The van der Waals surface area contributed by atoms with Crippen molar-refractivity contribution in [3.63, 3.8) is 0 Å². The normalized spacial score (nSPS) is 15.7. The average Bonchev–Trinajstić information content (AvgIpc) is 3.32. The summed E-state index contributed by atoms with van der Waals surface area (Å²) in [7, 11) is 0. The lowest BCUT2D eigenvalue weighted by atomic mass is 10.1. The topological polar surface area (TPSA) is 84.1 Å². The molecule has 0 saturated heterocycles. The fourth-order valence-corrected chi connectivity index (χ4v) is 2.35. The molecule has 1 aliphatic carbocycles. The molecule has 2 aromatic rings. The quantitative estimate of drug-likeness (QED) is 0.755. The summed E-state index contributed by atoms with van der Waals surface area (Å²) >= 11 is 0. The number of aliphatic hydroxyl groups excluding tert-OH is 1. The molecular formula is C16H20N4O. The molecule has 1 aromatic carbocycles. The minimum atomic E-state index is -0.0891. The SMILES string of the molecule is Nc1cc(NC(CO)Cc2ccccc2)nc(C2CC2)n1. The van der Waals surface area contributed by atoms with Crippen molar-refractivity contribution in [2.45, 2.75) is 31.2 Å². The van der Waals surface area contributed by atoms with Crippen molar-refractivity contribution in [1.82, 2.24) is 9.97 Å². The highest BCUT2D eigenvalue weighted by molar-refractivity contribution is 5.46. The summed E-state index contributed by atoms with van der Waals surface area (Å²) in [6.45, 7) is 0.0392. The van der Waals surface area contributed by atoms with Gasteiger partial charge >= 0.3 is 0 Å². The molecule has 0 aliphatic heterocycles. The van der Waals surface area contributed by atoms with E-state index in [-0.39, 0.29) is 12.6 Å². The van der Waals surface area contributed by atoms with Crippen LogP contribution in [0.2, 0.25) is 0 Å². The Hall–Kier alpha value is -2.14. The summed E-state index contributed by atoms with van der Waals surface area (Å²) in [5.74, 6) is 2.44. The molecule has 110 valence electrons. The van der Waals surface area contributed by atoms with Crippen LogP contribution >= 0.6 is 0 Å². The highest BCUT2D eigenvalue weighted by Gasteiger charge is 2.27. The standard InChI is InChI=1S/C16H20N4O/c17-14-9-15(20-16(19-14)12-6-7-12)18-13(10-21)8-11-4-2-1-3-5-11/h1-5,9,12-13,21H,6-8,10H2,(H3,17,18,19,20). The molecule has 1 heterocycles. The first-order chi connectivity index (χ1) is 10.2. The van der Waals surface area contributed by atoms with E-state index in [1.54, 1.807) is 6.07 Å². The van der Waals surface area contributed by atoms with E-state index >= 15 is 0 Å². The molecule has 1 aromatic heterocycles. The van der Waals surface area contributed by atoms with Crippen LogP contribution in [0.3, 0.4) is 0 Å². The highest BCUT2D eigenvalue weighted by Crippen LogP contribution is 2.38. The first-order valence-corrected chi connectivity index (χ1v) is 7.30. The molecule has 0 bridgehead atoms. The lowest BCUT2D eigenvalue weighted by Gasteiger charge is -2.17. The zero-order valence-corrected chi connectivity index (χ0v) is 11.9. The van der Waals surface area contributed by atoms with Crippen LogP contribution in [-0.2, 0) is 6.42 Å². The molecular weight excluding hydrogens is 264 g/mol. The van der Waals surface area contributed by atoms with Crippen LogP contribution in [0.5, 0.6) is 0 Å². The summed E-state index contributed by atoms with van der Waals surface area (Å²) in [5.41, 5.74) is 7.02. The second-order valence-electron chi connectivity index (χ2n) is 5.52. The number of rotatable bonds is 6. The highest BCUT2D eigenvalue weighted by atomic mass is 16.3. The molecule has 1 unspecified atom stereocenters. The van der Waals surface area contributed by atoms with Crippen molar-refractivity contribution >= 4 is 11.6 Å². The Morgan fingerprint density at radius 2 is 2.00 bits per heavy atom. The smallest absolute Gasteiger partial charge is 0.136 e. The number of nitrogens with zero attached hydrogens (tertiary/aromatic N) is 2. The van der Waals surface area contributed by atoms with Crippen LogP contribution in [0.15, 0.2) is 36.4 Å². The van der Waals surface area contributed by atoms with Crippen LogP contribution in [0.25, 0.3) is 0 Å². The first-order valence-electron chi connectivity index (χ1n) is 7.30. The predicted molar refractivity (Wildman–Crippen MR) is 83.1 cm³/mol. The molecule has 1 fully saturated rings. The Balaban J connectivity index is 1.71. The second-order valence-corrected chi connectivity index (χ2v) is 5.52. The third-order valence-electron chi connectivity index (χ3n) is 3.60. The van der Waals surface area contributed by atoms with Gasteiger partial charge in [-0.2, -0.15) is 0 Å². The zero-order valence-electron chi connectivity index (χ0n) is 11.9. The molecule has 4 N–H and O–H groups in total. The van der Waals surface area contributed by atoms with Crippen LogP contribution < -0.4 is 11.1 Å². The maximum absolute atomic E-state index is 9.57. The van der Waals surface area contributed by atoms with E-state index in [1.165, 1.54) is 5.56 Å². The minimum absolute atomic E-state index is 0.0392. The van der Waals surface area contributed by atoms with Crippen molar-refractivity contribution in [3.05, 3.63) is 47.8 Å². The number of benzene rings is 1. The molecule has 21 heavy (non-hydrogen) atoms. The van der Waals surface area contributed by atoms with Crippen molar-refractivity contribution < 1.29 is 5.11 Å². The fraction of sp³-hybridized carbons (Fsp3) is 0.375. The monoisotopic (exact) mass is 284 g/mol. The van der Waals surface area contributed by atoms with Gasteiger partial charge in [-0.25, -0.2) is 9.97 Å². The van der Waals surface area contributed by atoms with Gasteiger partial charge in [-0.15, -0.1) is 0 Å². The number of hydrogen-bond donors (Lipinski definition) is 3. The van der Waals surface area contributed by atoms with Gasteiger partial charge in [-0.1, -0.05) is 30.3 Å². The van der Waals surface area contributed by atoms with E-state index in [0.717, 1.165) is 25.1 Å². The molecule has 0 amide bonds. The first kappa shape index (κ1) is 13.8. The van der Waals surface area contributed by atoms with Crippen molar-refractivity contribution in [2.24, 2.45) is 0 Å². The fourth-order valence-electron chi connectivity index (χ4n) is 2.35. The number of hydrogen-bond acceptors (Lipinski definition) is 5. The van der Waals surface area contributed by atoms with Gasteiger partial charge in [0.25, 0.3) is 0 Å². The maximum Gasteiger partial charge on any atom is 0.136 e. The van der Waals surface area contributed by atoms with E-state index in [4.69, 9.17) is 5.73 Å². The maximum atomic E-state index is 9.57. The van der Waals surface area contributed by atoms with E-state index in [1.807, 2.05) is 30.3 Å². The number of nitrogens with one attached hydrogen (secondary N) is 1. The number of anilines is 2. The lowest BCUT2D eigenvalue weighted by molar-refractivity contribution is 0.273. The summed E-state index contributed by atoms with van der Waals surface area (Å²) in [5, 5.41) is 12.8. The van der Waals surface area contributed by atoms with E-state index in [9.17, 15) is 5.11 Å². The predicted octanol–water partition coefficient (Wildman–Crippen LogP) is 1.95. The van der Waals surface area contributed by atoms with Gasteiger partial charge in [-0.3, -0.25) is 0 Å².